The molecule has 0 unspecified atom stereocenters. The number of nitrogens with zero attached hydrogens (tertiary/aromatic N) is 2. The van der Waals surface area contributed by atoms with Gasteiger partial charge in [0.1, 0.15) is 0 Å². The summed E-state index contributed by atoms with van der Waals surface area (Å²) in [6, 6.07) is 4.60. The lowest BCUT2D eigenvalue weighted by Crippen LogP contribution is -1.96. The first-order chi connectivity index (χ1) is 5.86. The third kappa shape index (κ3) is 1.70. The van der Waals surface area contributed by atoms with Crippen molar-refractivity contribution < 1.29 is 0 Å². The summed E-state index contributed by atoms with van der Waals surface area (Å²) in [5.41, 5.74) is 2.26. The summed E-state index contributed by atoms with van der Waals surface area (Å²) in [5.74, 6) is 0. The standard InChI is InChI=1S/C10H12N2/c1-8(12-10-4-5-10)9-3-2-6-11-7-9/h2-3,6-7,10H,4-5H2,1H3. The SMILES string of the molecule is CC(=NC1CC1)c1cccnc1. The molecule has 12 heavy (non-hydrogen) atoms. The van der Waals surface area contributed by atoms with Gasteiger partial charge in [0.25, 0.3) is 0 Å². The molecule has 1 aromatic heterocycles. The van der Waals surface area contributed by atoms with Gasteiger partial charge in [-0.05, 0) is 25.8 Å². The maximum Gasteiger partial charge on any atom is 0.0504 e. The normalized spacial score (nSPS) is 17.9. The molecule has 2 rings (SSSR count). The highest BCUT2D eigenvalue weighted by Crippen LogP contribution is 2.24. The Labute approximate surface area is 72.4 Å². The Kier molecular flexibility index (Phi) is 1.90. The van der Waals surface area contributed by atoms with Crippen LogP contribution in [0.4, 0.5) is 0 Å². The van der Waals surface area contributed by atoms with Gasteiger partial charge < -0.3 is 0 Å². The van der Waals surface area contributed by atoms with Crippen LogP contribution in [-0.2, 0) is 0 Å². The van der Waals surface area contributed by atoms with Gasteiger partial charge in [0.15, 0.2) is 0 Å². The van der Waals surface area contributed by atoms with Gasteiger partial charge in [-0.25, -0.2) is 0 Å². The van der Waals surface area contributed by atoms with Crippen LogP contribution in [0.5, 0.6) is 0 Å². The molecule has 0 bridgehead atoms. The molecule has 0 saturated heterocycles. The fourth-order valence-electron chi connectivity index (χ4n) is 1.13. The Balaban J connectivity index is 2.18. The minimum absolute atomic E-state index is 0.602. The van der Waals surface area contributed by atoms with Crippen molar-refractivity contribution >= 4 is 5.71 Å². The average Bonchev–Trinajstić information content (AvgIpc) is 2.90. The topological polar surface area (TPSA) is 25.2 Å². The van der Waals surface area contributed by atoms with Crippen LogP contribution in [0, 0.1) is 0 Å². The maximum atomic E-state index is 4.54. The van der Waals surface area contributed by atoms with Crippen LogP contribution in [0.15, 0.2) is 29.5 Å². The molecular weight excluding hydrogens is 148 g/mol. The summed E-state index contributed by atoms with van der Waals surface area (Å²) < 4.78 is 0. The first-order valence-corrected chi connectivity index (χ1v) is 4.31. The molecule has 0 aromatic carbocycles. The Bertz CT molecular complexity index is 286. The largest absolute Gasteiger partial charge is 0.286 e. The van der Waals surface area contributed by atoms with E-state index in [0.717, 1.165) is 11.3 Å². The molecule has 1 aliphatic rings. The van der Waals surface area contributed by atoms with Crippen molar-refractivity contribution in [3.05, 3.63) is 30.1 Å². The zero-order valence-electron chi connectivity index (χ0n) is 7.20. The van der Waals surface area contributed by atoms with Crippen molar-refractivity contribution in [3.8, 4) is 0 Å². The minimum atomic E-state index is 0.602. The molecule has 0 spiro atoms. The van der Waals surface area contributed by atoms with Crippen molar-refractivity contribution in [2.75, 3.05) is 0 Å². The molecule has 1 fully saturated rings. The van der Waals surface area contributed by atoms with Crippen LogP contribution in [0.3, 0.4) is 0 Å². The minimum Gasteiger partial charge on any atom is -0.286 e. The number of aromatic nitrogens is 1. The number of hydrogen-bond donors (Lipinski definition) is 0. The van der Waals surface area contributed by atoms with Gasteiger partial charge in [0.2, 0.25) is 0 Å². The second kappa shape index (κ2) is 3.05. The van der Waals surface area contributed by atoms with E-state index >= 15 is 0 Å². The fraction of sp³-hybridized carbons (Fsp3) is 0.400. The number of aliphatic imine (C=N–C) groups is 1. The van der Waals surface area contributed by atoms with E-state index in [1.165, 1.54) is 12.8 Å². The Morgan fingerprint density at radius 1 is 1.58 bits per heavy atom. The first-order valence-electron chi connectivity index (χ1n) is 4.31. The Morgan fingerprint density at radius 3 is 3.00 bits per heavy atom. The van der Waals surface area contributed by atoms with Crippen molar-refractivity contribution in [2.45, 2.75) is 25.8 Å². The van der Waals surface area contributed by atoms with Gasteiger partial charge in [-0.3, -0.25) is 9.98 Å². The van der Waals surface area contributed by atoms with E-state index < -0.39 is 0 Å². The van der Waals surface area contributed by atoms with Crippen molar-refractivity contribution in [1.29, 1.82) is 0 Å². The molecule has 1 aliphatic carbocycles. The van der Waals surface area contributed by atoms with Gasteiger partial charge in [-0.2, -0.15) is 0 Å². The highest BCUT2D eigenvalue weighted by molar-refractivity contribution is 5.98. The smallest absolute Gasteiger partial charge is 0.0504 e. The van der Waals surface area contributed by atoms with Crippen LogP contribution in [0.2, 0.25) is 0 Å². The lowest BCUT2D eigenvalue weighted by atomic mass is 10.2. The number of hydrogen-bond acceptors (Lipinski definition) is 2. The van der Waals surface area contributed by atoms with Crippen molar-refractivity contribution in [2.24, 2.45) is 4.99 Å². The predicted octanol–water partition coefficient (Wildman–Crippen LogP) is 2.05. The summed E-state index contributed by atoms with van der Waals surface area (Å²) in [6.07, 6.45) is 6.17. The van der Waals surface area contributed by atoms with Crippen molar-refractivity contribution in [1.82, 2.24) is 4.98 Å². The predicted molar refractivity (Wildman–Crippen MR) is 49.5 cm³/mol. The summed E-state index contributed by atoms with van der Waals surface area (Å²) >= 11 is 0. The summed E-state index contributed by atoms with van der Waals surface area (Å²) in [6.45, 7) is 2.05. The molecule has 0 amide bonds. The molecular formula is C10H12N2. The van der Waals surface area contributed by atoms with E-state index in [2.05, 4.69) is 16.9 Å². The van der Waals surface area contributed by atoms with E-state index in [0.29, 0.717) is 6.04 Å². The maximum absolute atomic E-state index is 4.54. The zero-order chi connectivity index (χ0) is 8.39. The van der Waals surface area contributed by atoms with E-state index in [4.69, 9.17) is 0 Å². The summed E-state index contributed by atoms with van der Waals surface area (Å²) in [4.78, 5) is 8.59. The first kappa shape index (κ1) is 7.47. The molecule has 0 radical (unpaired) electrons. The van der Waals surface area contributed by atoms with E-state index in [9.17, 15) is 0 Å². The lowest BCUT2D eigenvalue weighted by molar-refractivity contribution is 1.06. The second-order valence-electron chi connectivity index (χ2n) is 3.19. The number of pyridine rings is 1. The molecule has 1 saturated carbocycles. The third-order valence-corrected chi connectivity index (χ3v) is 2.00. The Hall–Kier alpha value is -1.18. The molecule has 2 heteroatoms. The second-order valence-corrected chi connectivity index (χ2v) is 3.19. The molecule has 0 atom stereocenters. The van der Waals surface area contributed by atoms with Gasteiger partial charge in [-0.15, -0.1) is 0 Å². The van der Waals surface area contributed by atoms with Gasteiger partial charge >= 0.3 is 0 Å². The molecule has 62 valence electrons. The van der Waals surface area contributed by atoms with Crippen LogP contribution < -0.4 is 0 Å². The Morgan fingerprint density at radius 2 is 2.42 bits per heavy atom. The molecule has 1 aromatic rings. The molecule has 1 heterocycles. The molecule has 0 N–H and O–H groups in total. The highest BCUT2D eigenvalue weighted by atomic mass is 14.8. The van der Waals surface area contributed by atoms with Gasteiger partial charge in [0.05, 0.1) is 6.04 Å². The summed E-state index contributed by atoms with van der Waals surface area (Å²) in [7, 11) is 0. The van der Waals surface area contributed by atoms with Crippen molar-refractivity contribution in [3.63, 3.8) is 0 Å². The van der Waals surface area contributed by atoms with Crippen LogP contribution in [-0.4, -0.2) is 16.7 Å². The fourth-order valence-corrected chi connectivity index (χ4v) is 1.13. The van der Waals surface area contributed by atoms with Crippen LogP contribution >= 0.6 is 0 Å². The van der Waals surface area contributed by atoms with E-state index in [1.54, 1.807) is 6.20 Å². The molecule has 0 aliphatic heterocycles. The highest BCUT2D eigenvalue weighted by Gasteiger charge is 2.20. The van der Waals surface area contributed by atoms with Crippen LogP contribution in [0.1, 0.15) is 25.3 Å². The molecule has 2 nitrogen and oxygen atoms in total. The number of rotatable bonds is 2. The monoisotopic (exact) mass is 160 g/mol. The third-order valence-electron chi connectivity index (χ3n) is 2.00. The zero-order valence-corrected chi connectivity index (χ0v) is 7.20. The van der Waals surface area contributed by atoms with E-state index in [-0.39, 0.29) is 0 Å². The van der Waals surface area contributed by atoms with Gasteiger partial charge in [0, 0.05) is 23.7 Å². The summed E-state index contributed by atoms with van der Waals surface area (Å²) in [5, 5.41) is 0. The van der Waals surface area contributed by atoms with Gasteiger partial charge in [-0.1, -0.05) is 6.07 Å². The van der Waals surface area contributed by atoms with E-state index in [1.807, 2.05) is 18.3 Å². The quantitative estimate of drug-likeness (QED) is 0.608. The average molecular weight is 160 g/mol. The lowest BCUT2D eigenvalue weighted by Gasteiger charge is -1.97. The van der Waals surface area contributed by atoms with Crippen LogP contribution in [0.25, 0.3) is 0 Å².